The zero-order chi connectivity index (χ0) is 19.4. The molecule has 0 fully saturated rings. The molecule has 0 amide bonds. The highest BCUT2D eigenvalue weighted by Gasteiger charge is 2.18. The summed E-state index contributed by atoms with van der Waals surface area (Å²) in [6.07, 6.45) is 2.19. The molecule has 0 spiro atoms. The summed E-state index contributed by atoms with van der Waals surface area (Å²) in [5.41, 5.74) is 2.58. The lowest BCUT2D eigenvalue weighted by atomic mass is 10.1. The number of hydrogen-bond acceptors (Lipinski definition) is 5. The van der Waals surface area contributed by atoms with Gasteiger partial charge in [0.05, 0.1) is 24.6 Å². The molecular weight excluding hydrogens is 364 g/mol. The Morgan fingerprint density at radius 1 is 1.04 bits per heavy atom. The van der Waals surface area contributed by atoms with Crippen LogP contribution < -0.4 is 14.2 Å². The molecule has 0 saturated heterocycles. The number of benzene rings is 2. The largest absolute Gasteiger partial charge is 0.493 e. The number of hydrogen-bond donors (Lipinski definition) is 1. The SMILES string of the molecule is COc1ccc(CCNS(=O)(=O)c2ccc(C)c3ncccc23)cc1OC. The van der Waals surface area contributed by atoms with Crippen LogP contribution in [0, 0.1) is 6.92 Å². The van der Waals surface area contributed by atoms with Gasteiger partial charge < -0.3 is 9.47 Å². The molecule has 0 unspecified atom stereocenters. The number of pyridine rings is 1. The van der Waals surface area contributed by atoms with Crippen LogP contribution in [0.15, 0.2) is 53.6 Å². The van der Waals surface area contributed by atoms with E-state index < -0.39 is 10.0 Å². The van der Waals surface area contributed by atoms with Crippen LogP contribution in [-0.2, 0) is 16.4 Å². The molecule has 0 saturated carbocycles. The molecular formula is C20H22N2O4S. The summed E-state index contributed by atoms with van der Waals surface area (Å²) in [7, 11) is -0.502. The molecule has 1 N–H and O–H groups in total. The maximum atomic E-state index is 12.8. The van der Waals surface area contributed by atoms with E-state index in [1.807, 2.05) is 25.1 Å². The molecule has 0 aliphatic heterocycles. The second-order valence-electron chi connectivity index (χ2n) is 6.12. The van der Waals surface area contributed by atoms with Crippen molar-refractivity contribution in [2.75, 3.05) is 20.8 Å². The van der Waals surface area contributed by atoms with E-state index in [9.17, 15) is 8.42 Å². The molecule has 3 aromatic rings. The number of sulfonamides is 1. The van der Waals surface area contributed by atoms with Crippen molar-refractivity contribution in [2.45, 2.75) is 18.2 Å². The standard InChI is InChI=1S/C20H22N2O4S/c1-14-6-9-19(16-5-4-11-21-20(14)16)27(23,24)22-12-10-15-7-8-17(25-2)18(13-15)26-3/h4-9,11,13,22H,10,12H2,1-3H3. The number of methoxy groups -OCH3 is 2. The van der Waals surface area contributed by atoms with Crippen LogP contribution in [0.4, 0.5) is 0 Å². The Kier molecular flexibility index (Phi) is 5.62. The van der Waals surface area contributed by atoms with Gasteiger partial charge in [0.15, 0.2) is 11.5 Å². The Hall–Kier alpha value is -2.64. The fourth-order valence-corrected chi connectivity index (χ4v) is 4.19. The fraction of sp³-hybridized carbons (Fsp3) is 0.250. The van der Waals surface area contributed by atoms with Crippen molar-refractivity contribution in [1.82, 2.24) is 9.71 Å². The van der Waals surface area contributed by atoms with Crippen molar-refractivity contribution in [2.24, 2.45) is 0 Å². The molecule has 0 aliphatic rings. The van der Waals surface area contributed by atoms with E-state index in [1.165, 1.54) is 0 Å². The maximum Gasteiger partial charge on any atom is 0.241 e. The van der Waals surface area contributed by atoms with Crippen molar-refractivity contribution >= 4 is 20.9 Å². The Morgan fingerprint density at radius 3 is 2.56 bits per heavy atom. The minimum Gasteiger partial charge on any atom is -0.493 e. The first-order chi connectivity index (χ1) is 13.0. The van der Waals surface area contributed by atoms with Gasteiger partial charge in [0.2, 0.25) is 10.0 Å². The predicted octanol–water partition coefficient (Wildman–Crippen LogP) is 3.08. The minimum absolute atomic E-state index is 0.239. The maximum absolute atomic E-state index is 12.8. The second kappa shape index (κ2) is 7.94. The highest BCUT2D eigenvalue weighted by molar-refractivity contribution is 7.89. The molecule has 2 aromatic carbocycles. The number of fused-ring (bicyclic) bond motifs is 1. The minimum atomic E-state index is -3.65. The lowest BCUT2D eigenvalue weighted by molar-refractivity contribution is 0.354. The molecule has 1 heterocycles. The first-order valence-corrected chi connectivity index (χ1v) is 9.99. The molecule has 0 bridgehead atoms. The zero-order valence-electron chi connectivity index (χ0n) is 15.5. The van der Waals surface area contributed by atoms with Gasteiger partial charge in [0.25, 0.3) is 0 Å². The predicted molar refractivity (Wildman–Crippen MR) is 105 cm³/mol. The van der Waals surface area contributed by atoms with Gasteiger partial charge in [-0.25, -0.2) is 13.1 Å². The zero-order valence-corrected chi connectivity index (χ0v) is 16.3. The molecule has 27 heavy (non-hydrogen) atoms. The molecule has 0 radical (unpaired) electrons. The summed E-state index contributed by atoms with van der Waals surface area (Å²) < 4.78 is 38.7. The van der Waals surface area contributed by atoms with E-state index in [1.54, 1.807) is 44.7 Å². The third-order valence-electron chi connectivity index (χ3n) is 4.37. The van der Waals surface area contributed by atoms with E-state index in [4.69, 9.17) is 9.47 Å². The van der Waals surface area contributed by atoms with Crippen LogP contribution in [0.3, 0.4) is 0 Å². The molecule has 7 heteroatoms. The third-order valence-corrected chi connectivity index (χ3v) is 5.89. The van der Waals surface area contributed by atoms with Crippen LogP contribution in [0.25, 0.3) is 10.9 Å². The molecule has 6 nitrogen and oxygen atoms in total. The van der Waals surface area contributed by atoms with E-state index in [0.29, 0.717) is 28.8 Å². The summed E-state index contributed by atoms with van der Waals surface area (Å²) in [5.74, 6) is 1.26. The van der Waals surface area contributed by atoms with Crippen molar-refractivity contribution in [3.8, 4) is 11.5 Å². The average Bonchev–Trinajstić information content (AvgIpc) is 2.68. The highest BCUT2D eigenvalue weighted by Crippen LogP contribution is 2.28. The van der Waals surface area contributed by atoms with Gasteiger partial charge in [0.1, 0.15) is 0 Å². The number of nitrogens with zero attached hydrogens (tertiary/aromatic N) is 1. The summed E-state index contributed by atoms with van der Waals surface area (Å²) in [6.45, 7) is 2.18. The Bertz CT molecular complexity index is 1060. The number of aryl methyl sites for hydroxylation is 1. The summed E-state index contributed by atoms with van der Waals surface area (Å²) in [6, 6.07) is 12.5. The van der Waals surface area contributed by atoms with Crippen molar-refractivity contribution in [1.29, 1.82) is 0 Å². The van der Waals surface area contributed by atoms with Crippen molar-refractivity contribution < 1.29 is 17.9 Å². The van der Waals surface area contributed by atoms with Crippen molar-refractivity contribution in [3.63, 3.8) is 0 Å². The molecule has 3 rings (SSSR count). The summed E-state index contributed by atoms with van der Waals surface area (Å²) >= 11 is 0. The van der Waals surface area contributed by atoms with Crippen LogP contribution in [0.2, 0.25) is 0 Å². The molecule has 142 valence electrons. The summed E-state index contributed by atoms with van der Waals surface area (Å²) in [4.78, 5) is 4.54. The van der Waals surface area contributed by atoms with Gasteiger partial charge in [-0.1, -0.05) is 12.1 Å². The average molecular weight is 386 g/mol. The van der Waals surface area contributed by atoms with Gasteiger partial charge in [-0.2, -0.15) is 0 Å². The van der Waals surface area contributed by atoms with Crippen molar-refractivity contribution in [3.05, 3.63) is 59.8 Å². The van der Waals surface area contributed by atoms with Crippen LogP contribution in [0.5, 0.6) is 11.5 Å². The fourth-order valence-electron chi connectivity index (χ4n) is 2.97. The Labute approximate surface area is 159 Å². The number of rotatable bonds is 7. The first kappa shape index (κ1) is 19.1. The second-order valence-corrected chi connectivity index (χ2v) is 7.85. The quantitative estimate of drug-likeness (QED) is 0.675. The smallest absolute Gasteiger partial charge is 0.241 e. The van der Waals surface area contributed by atoms with E-state index in [0.717, 1.165) is 11.1 Å². The van der Waals surface area contributed by atoms with Gasteiger partial charge in [0, 0.05) is 18.1 Å². The van der Waals surface area contributed by atoms with Gasteiger partial charge >= 0.3 is 0 Å². The topological polar surface area (TPSA) is 77.5 Å². The highest BCUT2D eigenvalue weighted by atomic mass is 32.2. The van der Waals surface area contributed by atoms with Crippen LogP contribution in [-0.4, -0.2) is 34.2 Å². The van der Waals surface area contributed by atoms with Crippen LogP contribution >= 0.6 is 0 Å². The van der Waals surface area contributed by atoms with Crippen LogP contribution in [0.1, 0.15) is 11.1 Å². The lowest BCUT2D eigenvalue weighted by Crippen LogP contribution is -2.26. The van der Waals surface area contributed by atoms with E-state index in [-0.39, 0.29) is 11.4 Å². The normalized spacial score (nSPS) is 11.5. The number of ether oxygens (including phenoxy) is 2. The lowest BCUT2D eigenvalue weighted by Gasteiger charge is -2.12. The van der Waals surface area contributed by atoms with E-state index in [2.05, 4.69) is 9.71 Å². The number of aromatic nitrogens is 1. The number of nitrogens with one attached hydrogen (secondary N) is 1. The Balaban J connectivity index is 1.78. The monoisotopic (exact) mass is 386 g/mol. The Morgan fingerprint density at radius 2 is 1.81 bits per heavy atom. The first-order valence-electron chi connectivity index (χ1n) is 8.51. The van der Waals surface area contributed by atoms with Gasteiger partial charge in [-0.15, -0.1) is 0 Å². The van der Waals surface area contributed by atoms with Gasteiger partial charge in [-0.3, -0.25) is 4.98 Å². The third kappa shape index (κ3) is 4.04. The van der Waals surface area contributed by atoms with E-state index >= 15 is 0 Å². The molecule has 0 aliphatic carbocycles. The molecule has 0 atom stereocenters. The summed E-state index contributed by atoms with van der Waals surface area (Å²) in [5, 5.41) is 0.621. The van der Waals surface area contributed by atoms with Gasteiger partial charge in [-0.05, 0) is 54.8 Å². The molecule has 1 aromatic heterocycles.